The molecule has 0 amide bonds. The number of pyridine rings is 1. The topological polar surface area (TPSA) is 85.6 Å². The maximum atomic E-state index is 11.5. The van der Waals surface area contributed by atoms with Gasteiger partial charge in [-0.05, 0) is 75.0 Å². The lowest BCUT2D eigenvalue weighted by atomic mass is 9.50. The first kappa shape index (κ1) is 18.0. The molecule has 5 aliphatic carbocycles. The molecule has 0 unspecified atom stereocenters. The van der Waals surface area contributed by atoms with Gasteiger partial charge < -0.3 is 4.74 Å². The molecule has 0 radical (unpaired) electrons. The molecule has 0 atom stereocenters. The van der Waals surface area contributed by atoms with Gasteiger partial charge in [0.25, 0.3) is 5.95 Å². The summed E-state index contributed by atoms with van der Waals surface area (Å²) in [5, 5.41) is 4.28. The Labute approximate surface area is 171 Å². The van der Waals surface area contributed by atoms with Gasteiger partial charge in [0.05, 0.1) is 12.9 Å². The molecule has 2 heterocycles. The average molecular weight is 417 g/mol. The lowest BCUT2D eigenvalue weighted by Gasteiger charge is -2.56. The fourth-order valence-electron chi connectivity index (χ4n) is 6.66. The molecule has 0 aliphatic heterocycles. The maximum Gasteiger partial charge on any atom is 0.256 e. The van der Waals surface area contributed by atoms with Gasteiger partial charge in [0.2, 0.25) is 10.0 Å². The Hall–Kier alpha value is -1.83. The minimum atomic E-state index is -3.40. The number of nitrogens with one attached hydrogen (secondary N) is 1. The van der Waals surface area contributed by atoms with E-state index in [1.807, 2.05) is 12.3 Å². The van der Waals surface area contributed by atoms with E-state index < -0.39 is 10.0 Å². The molecule has 2 aromatic rings. The van der Waals surface area contributed by atoms with Crippen LogP contribution in [-0.2, 0) is 10.0 Å². The van der Waals surface area contributed by atoms with Crippen molar-refractivity contribution >= 4 is 21.6 Å². The highest BCUT2D eigenvalue weighted by molar-refractivity contribution is 7.91. The van der Waals surface area contributed by atoms with Crippen molar-refractivity contribution in [2.45, 2.75) is 57.3 Å². The summed E-state index contributed by atoms with van der Waals surface area (Å²) in [7, 11) is -3.40. The molecule has 156 valence electrons. The van der Waals surface area contributed by atoms with E-state index in [1.165, 1.54) is 56.9 Å². The normalized spacial score (nSPS) is 33.3. The van der Waals surface area contributed by atoms with Crippen molar-refractivity contribution in [3.05, 3.63) is 17.8 Å². The van der Waals surface area contributed by atoms with E-state index in [0.717, 1.165) is 36.4 Å². The van der Waals surface area contributed by atoms with Gasteiger partial charge in [-0.1, -0.05) is 0 Å². The number of nitrogens with zero attached hydrogens (tertiary/aromatic N) is 3. The molecular weight excluding hydrogens is 388 g/mol. The molecule has 1 N–H and O–H groups in total. The van der Waals surface area contributed by atoms with Crippen LogP contribution in [0.3, 0.4) is 0 Å². The second kappa shape index (κ2) is 6.09. The summed E-state index contributed by atoms with van der Waals surface area (Å²) in [6.45, 7) is 0.801. The van der Waals surface area contributed by atoms with Crippen LogP contribution in [0.15, 0.2) is 12.3 Å². The summed E-state index contributed by atoms with van der Waals surface area (Å²) in [5.74, 6) is 4.27. The lowest BCUT2D eigenvalue weighted by molar-refractivity contribution is -0.0746. The van der Waals surface area contributed by atoms with Crippen LogP contribution in [0, 0.1) is 23.2 Å². The molecule has 5 saturated carbocycles. The van der Waals surface area contributed by atoms with Crippen molar-refractivity contribution in [1.29, 1.82) is 0 Å². The zero-order valence-corrected chi connectivity index (χ0v) is 17.6. The Morgan fingerprint density at radius 2 is 1.83 bits per heavy atom. The molecule has 2 aromatic heterocycles. The smallest absolute Gasteiger partial charge is 0.256 e. The van der Waals surface area contributed by atoms with Gasteiger partial charge in [-0.25, -0.2) is 12.9 Å². The summed E-state index contributed by atoms with van der Waals surface area (Å²) >= 11 is 0. The summed E-state index contributed by atoms with van der Waals surface area (Å²) < 4.78 is 33.6. The number of ether oxygens (including phenoxy) is 1. The van der Waals surface area contributed by atoms with E-state index in [9.17, 15) is 8.42 Å². The van der Waals surface area contributed by atoms with E-state index in [-0.39, 0.29) is 5.95 Å². The first-order valence-corrected chi connectivity index (χ1v) is 12.7. The molecule has 7 rings (SSSR count). The average Bonchev–Trinajstić information content (AvgIpc) is 3.38. The van der Waals surface area contributed by atoms with Crippen LogP contribution in [-0.4, -0.2) is 35.9 Å². The number of fused-ring (bicyclic) bond motifs is 1. The van der Waals surface area contributed by atoms with Gasteiger partial charge >= 0.3 is 0 Å². The Balaban J connectivity index is 1.28. The predicted octanol–water partition coefficient (Wildman–Crippen LogP) is 3.57. The SMILES string of the molecule is CS(=O)(=O)Nc1nc2cc(OCC34CC5CC(CC(C5)C3)C4)c(C3CC3)cn2n1. The van der Waals surface area contributed by atoms with Crippen molar-refractivity contribution in [3.8, 4) is 5.75 Å². The quantitative estimate of drug-likeness (QED) is 0.778. The minimum absolute atomic E-state index is 0.104. The minimum Gasteiger partial charge on any atom is -0.493 e. The van der Waals surface area contributed by atoms with Crippen LogP contribution >= 0.6 is 0 Å². The van der Waals surface area contributed by atoms with Crippen molar-refractivity contribution in [2.24, 2.45) is 23.2 Å². The van der Waals surface area contributed by atoms with Crippen LogP contribution in [0.4, 0.5) is 5.95 Å². The van der Waals surface area contributed by atoms with E-state index in [4.69, 9.17) is 4.74 Å². The molecule has 8 heteroatoms. The second-order valence-corrected chi connectivity index (χ2v) is 11.9. The third kappa shape index (κ3) is 3.39. The summed E-state index contributed by atoms with van der Waals surface area (Å²) in [6, 6.07) is 1.94. The monoisotopic (exact) mass is 416 g/mol. The first-order chi connectivity index (χ1) is 13.8. The Morgan fingerprint density at radius 1 is 1.17 bits per heavy atom. The highest BCUT2D eigenvalue weighted by Gasteiger charge is 2.51. The zero-order chi connectivity index (χ0) is 19.8. The van der Waals surface area contributed by atoms with Crippen LogP contribution in [0.2, 0.25) is 0 Å². The Bertz CT molecular complexity index is 1040. The first-order valence-electron chi connectivity index (χ1n) is 10.9. The summed E-state index contributed by atoms with van der Waals surface area (Å²) in [5.41, 5.74) is 2.15. The van der Waals surface area contributed by atoms with Crippen molar-refractivity contribution in [3.63, 3.8) is 0 Å². The number of sulfonamides is 1. The summed E-state index contributed by atoms with van der Waals surface area (Å²) in [6.07, 6.45) is 13.7. The number of rotatable bonds is 6. The lowest BCUT2D eigenvalue weighted by Crippen LogP contribution is -2.48. The van der Waals surface area contributed by atoms with Crippen LogP contribution in [0.5, 0.6) is 5.75 Å². The van der Waals surface area contributed by atoms with Gasteiger partial charge in [-0.15, -0.1) is 5.10 Å². The molecule has 0 saturated heterocycles. The van der Waals surface area contributed by atoms with Crippen LogP contribution in [0.1, 0.15) is 62.8 Å². The second-order valence-electron chi connectivity index (χ2n) is 10.2. The maximum absolute atomic E-state index is 11.5. The highest BCUT2D eigenvalue weighted by Crippen LogP contribution is 2.60. The Morgan fingerprint density at radius 3 is 2.41 bits per heavy atom. The van der Waals surface area contributed by atoms with Crippen LogP contribution in [0.25, 0.3) is 5.65 Å². The number of hydrogen-bond donors (Lipinski definition) is 1. The number of anilines is 1. The van der Waals surface area contributed by atoms with Crippen molar-refractivity contribution in [2.75, 3.05) is 17.6 Å². The largest absolute Gasteiger partial charge is 0.493 e. The molecule has 5 fully saturated rings. The molecule has 7 nitrogen and oxygen atoms in total. The van der Waals surface area contributed by atoms with Crippen molar-refractivity contribution in [1.82, 2.24) is 14.6 Å². The van der Waals surface area contributed by atoms with Gasteiger partial charge in [-0.3, -0.25) is 4.72 Å². The fraction of sp³-hybridized carbons (Fsp3) is 0.714. The molecule has 0 aromatic carbocycles. The van der Waals surface area contributed by atoms with Crippen LogP contribution < -0.4 is 9.46 Å². The van der Waals surface area contributed by atoms with E-state index in [0.29, 0.717) is 17.0 Å². The van der Waals surface area contributed by atoms with Gasteiger partial charge in [0.15, 0.2) is 5.65 Å². The number of hydrogen-bond acceptors (Lipinski definition) is 5. The zero-order valence-electron chi connectivity index (χ0n) is 16.8. The predicted molar refractivity (Wildman–Crippen MR) is 110 cm³/mol. The Kier molecular flexibility index (Phi) is 3.78. The fourth-order valence-corrected chi connectivity index (χ4v) is 7.08. The molecule has 29 heavy (non-hydrogen) atoms. The third-order valence-corrected chi connectivity index (χ3v) is 8.01. The van der Waals surface area contributed by atoms with Gasteiger partial charge in [-0.2, -0.15) is 4.98 Å². The van der Waals surface area contributed by atoms with E-state index >= 15 is 0 Å². The van der Waals surface area contributed by atoms with Gasteiger partial charge in [0, 0.05) is 23.2 Å². The van der Waals surface area contributed by atoms with Gasteiger partial charge in [0.1, 0.15) is 5.75 Å². The molecule has 0 spiro atoms. The molecule has 4 bridgehead atoms. The molecular formula is C21H28N4O3S. The highest BCUT2D eigenvalue weighted by atomic mass is 32.2. The van der Waals surface area contributed by atoms with E-state index in [1.54, 1.807) is 4.52 Å². The third-order valence-electron chi connectivity index (χ3n) is 7.46. The van der Waals surface area contributed by atoms with E-state index in [2.05, 4.69) is 14.8 Å². The standard InChI is InChI=1S/C21H28N4O3S/c1-29(26,27)24-20-22-19-7-18(17(16-2-3-16)11-25(19)23-20)28-12-21-8-13-4-14(9-21)6-15(5-13)10-21/h7,11,13-16H,2-6,8-10,12H2,1H3,(H,23,24). The van der Waals surface area contributed by atoms with Crippen molar-refractivity contribution < 1.29 is 13.2 Å². The summed E-state index contributed by atoms with van der Waals surface area (Å²) in [4.78, 5) is 4.34. The molecule has 5 aliphatic rings. The number of aromatic nitrogens is 3.